The summed E-state index contributed by atoms with van der Waals surface area (Å²) in [7, 11) is 0. The molecule has 55 valence electrons. The molecule has 0 atom stereocenters. The summed E-state index contributed by atoms with van der Waals surface area (Å²) < 4.78 is 1.06. The molecule has 1 radical (unpaired) electrons. The molecular formula is C6H9N2S2. The Morgan fingerprint density at radius 3 is 2.90 bits per heavy atom. The molecular weight excluding hydrogens is 164 g/mol. The predicted molar refractivity (Wildman–Crippen MR) is 45.3 cm³/mol. The Bertz CT molecular complexity index is 197. The third-order valence-corrected chi connectivity index (χ3v) is 2.94. The van der Waals surface area contributed by atoms with E-state index >= 15 is 0 Å². The maximum Gasteiger partial charge on any atom is 0.174 e. The fraction of sp³-hybridized carbons (Fsp3) is 0.500. The highest BCUT2D eigenvalue weighted by molar-refractivity contribution is 8.01. The van der Waals surface area contributed by atoms with Gasteiger partial charge in [0.1, 0.15) is 5.01 Å². The van der Waals surface area contributed by atoms with Gasteiger partial charge in [0.2, 0.25) is 0 Å². The lowest BCUT2D eigenvalue weighted by molar-refractivity contribution is 0.983. The number of hydrogen-bond donors (Lipinski definition) is 0. The second-order valence-corrected chi connectivity index (χ2v) is 4.31. The van der Waals surface area contributed by atoms with Gasteiger partial charge in [-0.05, 0) is 13.3 Å². The summed E-state index contributed by atoms with van der Waals surface area (Å²) in [4.78, 5) is 0. The van der Waals surface area contributed by atoms with Crippen LogP contribution in [0.25, 0.3) is 0 Å². The molecule has 0 aliphatic carbocycles. The first-order valence-corrected chi connectivity index (χ1v) is 4.85. The van der Waals surface area contributed by atoms with Gasteiger partial charge in [0, 0.05) is 5.75 Å². The van der Waals surface area contributed by atoms with Gasteiger partial charge in [0.25, 0.3) is 0 Å². The average molecular weight is 173 g/mol. The van der Waals surface area contributed by atoms with Crippen molar-refractivity contribution in [3.8, 4) is 0 Å². The largest absolute Gasteiger partial charge is 0.174 e. The van der Waals surface area contributed by atoms with Gasteiger partial charge >= 0.3 is 0 Å². The van der Waals surface area contributed by atoms with Crippen molar-refractivity contribution in [3.05, 3.63) is 11.9 Å². The summed E-state index contributed by atoms with van der Waals surface area (Å²) in [5.41, 5.74) is 0. The standard InChI is InChI=1S/C6H9N2S2/c1-3-4-9-6-8-7-5(2)10-6/h1,3-4H2,2H3. The van der Waals surface area contributed by atoms with E-state index in [-0.39, 0.29) is 0 Å². The molecule has 1 aromatic heterocycles. The van der Waals surface area contributed by atoms with Crippen molar-refractivity contribution in [2.45, 2.75) is 17.7 Å². The molecule has 0 saturated carbocycles. The zero-order valence-electron chi connectivity index (χ0n) is 5.83. The topological polar surface area (TPSA) is 25.8 Å². The quantitative estimate of drug-likeness (QED) is 0.655. The van der Waals surface area contributed by atoms with Crippen LogP contribution in [0.4, 0.5) is 0 Å². The van der Waals surface area contributed by atoms with Gasteiger partial charge in [-0.25, -0.2) is 0 Å². The minimum Gasteiger partial charge on any atom is -0.143 e. The Kier molecular flexibility index (Phi) is 3.15. The van der Waals surface area contributed by atoms with Crippen LogP contribution in [0.5, 0.6) is 0 Å². The molecule has 0 saturated heterocycles. The molecule has 2 nitrogen and oxygen atoms in total. The summed E-state index contributed by atoms with van der Waals surface area (Å²) in [5.74, 6) is 1.04. The monoisotopic (exact) mass is 173 g/mol. The highest BCUT2D eigenvalue weighted by atomic mass is 32.2. The Morgan fingerprint density at radius 1 is 1.60 bits per heavy atom. The van der Waals surface area contributed by atoms with E-state index in [2.05, 4.69) is 17.1 Å². The van der Waals surface area contributed by atoms with E-state index in [1.807, 2.05) is 6.92 Å². The second kappa shape index (κ2) is 3.93. The van der Waals surface area contributed by atoms with Crippen molar-refractivity contribution in [2.24, 2.45) is 0 Å². The lowest BCUT2D eigenvalue weighted by Gasteiger charge is -1.87. The smallest absolute Gasteiger partial charge is 0.143 e. The number of rotatable bonds is 3. The molecule has 1 rings (SSSR count). The minimum absolute atomic E-state index is 0.948. The van der Waals surface area contributed by atoms with E-state index in [9.17, 15) is 0 Å². The SMILES string of the molecule is [CH2]CCSc1nnc(C)s1. The maximum atomic E-state index is 3.96. The van der Waals surface area contributed by atoms with Crippen LogP contribution in [-0.2, 0) is 0 Å². The van der Waals surface area contributed by atoms with E-state index in [4.69, 9.17) is 0 Å². The second-order valence-electron chi connectivity index (χ2n) is 1.79. The molecule has 0 fully saturated rings. The van der Waals surface area contributed by atoms with Gasteiger partial charge in [0.15, 0.2) is 4.34 Å². The first kappa shape index (κ1) is 8.01. The van der Waals surface area contributed by atoms with E-state index < -0.39 is 0 Å². The molecule has 0 N–H and O–H groups in total. The van der Waals surface area contributed by atoms with Crippen LogP contribution >= 0.6 is 23.1 Å². The van der Waals surface area contributed by atoms with Crippen molar-refractivity contribution in [1.82, 2.24) is 10.2 Å². The maximum absolute atomic E-state index is 3.96. The summed E-state index contributed by atoms with van der Waals surface area (Å²) in [6.07, 6.45) is 0.948. The van der Waals surface area contributed by atoms with Crippen molar-refractivity contribution < 1.29 is 0 Å². The average Bonchev–Trinajstić information content (AvgIpc) is 2.31. The Morgan fingerprint density at radius 2 is 2.40 bits per heavy atom. The summed E-state index contributed by atoms with van der Waals surface area (Å²) in [6.45, 7) is 5.71. The van der Waals surface area contributed by atoms with E-state index in [0.29, 0.717) is 0 Å². The third kappa shape index (κ3) is 2.27. The van der Waals surface area contributed by atoms with Crippen LogP contribution in [0.2, 0.25) is 0 Å². The van der Waals surface area contributed by atoms with Crippen molar-refractivity contribution >= 4 is 23.1 Å². The van der Waals surface area contributed by atoms with Crippen LogP contribution in [0.3, 0.4) is 0 Å². The van der Waals surface area contributed by atoms with Crippen LogP contribution < -0.4 is 0 Å². The number of nitrogens with zero attached hydrogens (tertiary/aromatic N) is 2. The summed E-state index contributed by atoms with van der Waals surface area (Å²) in [6, 6.07) is 0. The summed E-state index contributed by atoms with van der Waals surface area (Å²) in [5, 5.41) is 8.89. The van der Waals surface area contributed by atoms with Gasteiger partial charge in [-0.3, -0.25) is 0 Å². The molecule has 4 heteroatoms. The van der Waals surface area contributed by atoms with Crippen LogP contribution in [-0.4, -0.2) is 16.0 Å². The van der Waals surface area contributed by atoms with Crippen LogP contribution in [0.15, 0.2) is 4.34 Å². The van der Waals surface area contributed by atoms with Gasteiger partial charge in [0.05, 0.1) is 0 Å². The van der Waals surface area contributed by atoms with Crippen LogP contribution in [0, 0.1) is 13.8 Å². The number of aryl methyl sites for hydroxylation is 1. The number of thioether (sulfide) groups is 1. The summed E-state index contributed by atoms with van der Waals surface area (Å²) >= 11 is 3.36. The first-order valence-electron chi connectivity index (χ1n) is 3.05. The van der Waals surface area contributed by atoms with Gasteiger partial charge < -0.3 is 0 Å². The molecule has 1 heterocycles. The molecule has 0 aliphatic rings. The Labute approximate surface area is 69.1 Å². The zero-order valence-corrected chi connectivity index (χ0v) is 7.47. The highest BCUT2D eigenvalue weighted by Gasteiger charge is 1.98. The van der Waals surface area contributed by atoms with Gasteiger partial charge in [-0.2, -0.15) is 0 Å². The molecule has 0 amide bonds. The molecule has 10 heavy (non-hydrogen) atoms. The van der Waals surface area contributed by atoms with Crippen molar-refractivity contribution in [2.75, 3.05) is 5.75 Å². The fourth-order valence-electron chi connectivity index (χ4n) is 0.496. The Balaban J connectivity index is 2.42. The molecule has 0 unspecified atom stereocenters. The lowest BCUT2D eigenvalue weighted by Crippen LogP contribution is -1.74. The van der Waals surface area contributed by atoms with Crippen LogP contribution in [0.1, 0.15) is 11.4 Å². The predicted octanol–water partition coefficient (Wildman–Crippen LogP) is 2.16. The van der Waals surface area contributed by atoms with Crippen molar-refractivity contribution in [3.63, 3.8) is 0 Å². The van der Waals surface area contributed by atoms with E-state index in [1.165, 1.54) is 0 Å². The van der Waals surface area contributed by atoms with Gasteiger partial charge in [-0.1, -0.05) is 30.0 Å². The number of hydrogen-bond acceptors (Lipinski definition) is 4. The molecule has 1 aromatic rings. The molecule has 0 bridgehead atoms. The lowest BCUT2D eigenvalue weighted by atomic mass is 10.6. The zero-order chi connectivity index (χ0) is 7.40. The number of aromatic nitrogens is 2. The van der Waals surface area contributed by atoms with Gasteiger partial charge in [-0.15, -0.1) is 10.2 Å². The van der Waals surface area contributed by atoms with E-state index in [0.717, 1.165) is 21.5 Å². The van der Waals surface area contributed by atoms with E-state index in [1.54, 1.807) is 23.1 Å². The molecule has 0 spiro atoms. The Hall–Kier alpha value is -0.0900. The minimum atomic E-state index is 0.948. The fourth-order valence-corrected chi connectivity index (χ4v) is 2.18. The third-order valence-electron chi connectivity index (χ3n) is 0.877. The normalized spacial score (nSPS) is 10.2. The highest BCUT2D eigenvalue weighted by Crippen LogP contribution is 2.21. The first-order chi connectivity index (χ1) is 4.83. The molecule has 0 aromatic carbocycles. The molecule has 0 aliphatic heterocycles. The van der Waals surface area contributed by atoms with Crippen molar-refractivity contribution in [1.29, 1.82) is 0 Å².